The molecular weight excluding hydrogens is 186 g/mol. The van der Waals surface area contributed by atoms with Crippen molar-refractivity contribution in [2.45, 2.75) is 52.6 Å². The summed E-state index contributed by atoms with van der Waals surface area (Å²) in [6.45, 7) is 10.3. The number of hydrogen-bond donors (Lipinski definition) is 1. The van der Waals surface area contributed by atoms with Gasteiger partial charge < -0.3 is 10.6 Å². The van der Waals surface area contributed by atoms with Crippen LogP contribution < -0.4 is 5.73 Å². The van der Waals surface area contributed by atoms with E-state index in [1.54, 1.807) is 0 Å². The molecule has 15 heavy (non-hydrogen) atoms. The lowest BCUT2D eigenvalue weighted by Gasteiger charge is -2.35. The summed E-state index contributed by atoms with van der Waals surface area (Å²) < 4.78 is 0. The van der Waals surface area contributed by atoms with Gasteiger partial charge in [-0.05, 0) is 26.8 Å². The van der Waals surface area contributed by atoms with Crippen molar-refractivity contribution >= 4 is 5.84 Å². The highest BCUT2D eigenvalue weighted by Crippen LogP contribution is 2.19. The summed E-state index contributed by atoms with van der Waals surface area (Å²) in [7, 11) is 1.82. The second-order valence-electron chi connectivity index (χ2n) is 4.14. The maximum absolute atomic E-state index is 6.01. The van der Waals surface area contributed by atoms with Crippen LogP contribution in [0.1, 0.15) is 41.0 Å². The maximum Gasteiger partial charge on any atom is 0.105 e. The van der Waals surface area contributed by atoms with Crippen LogP contribution in [0.3, 0.4) is 0 Å². The van der Waals surface area contributed by atoms with E-state index in [4.69, 9.17) is 5.73 Å². The third kappa shape index (κ3) is 4.04. The van der Waals surface area contributed by atoms with Crippen LogP contribution in [0.4, 0.5) is 0 Å². The van der Waals surface area contributed by atoms with Crippen molar-refractivity contribution in [1.82, 2.24) is 4.90 Å². The second kappa shape index (κ2) is 5.91. The normalized spacial score (nSPS) is 28.0. The predicted octanol–water partition coefficient (Wildman–Crippen LogP) is 2.39. The highest BCUT2D eigenvalue weighted by molar-refractivity contribution is 5.85. The highest BCUT2D eigenvalue weighted by atomic mass is 15.2. The minimum absolute atomic E-state index is 0.236. The maximum atomic E-state index is 6.01. The fourth-order valence-electron chi connectivity index (χ4n) is 1.49. The third-order valence-corrected chi connectivity index (χ3v) is 2.27. The zero-order valence-electron chi connectivity index (χ0n) is 10.9. The van der Waals surface area contributed by atoms with Crippen LogP contribution in [0.5, 0.6) is 0 Å². The first-order valence-electron chi connectivity index (χ1n) is 5.68. The largest absolute Gasteiger partial charge is 0.334 e. The molecule has 1 aliphatic rings. The molecule has 0 saturated heterocycles. The van der Waals surface area contributed by atoms with Crippen LogP contribution in [-0.2, 0) is 0 Å². The first kappa shape index (κ1) is 14.2. The van der Waals surface area contributed by atoms with E-state index < -0.39 is 0 Å². The van der Waals surface area contributed by atoms with Gasteiger partial charge in [0.15, 0.2) is 0 Å². The van der Waals surface area contributed by atoms with Gasteiger partial charge in [0.2, 0.25) is 0 Å². The fourth-order valence-corrected chi connectivity index (χ4v) is 1.49. The van der Waals surface area contributed by atoms with Crippen molar-refractivity contribution in [2.75, 3.05) is 7.05 Å². The van der Waals surface area contributed by atoms with Gasteiger partial charge in [-0.2, -0.15) is 0 Å². The molecule has 0 aliphatic carbocycles. The van der Waals surface area contributed by atoms with E-state index in [9.17, 15) is 0 Å². The summed E-state index contributed by atoms with van der Waals surface area (Å²) >= 11 is 0. The van der Waals surface area contributed by atoms with Gasteiger partial charge in [0, 0.05) is 31.2 Å². The topological polar surface area (TPSA) is 41.6 Å². The summed E-state index contributed by atoms with van der Waals surface area (Å²) in [5, 5.41) is 0. The SMILES string of the molecule is CC.CN=C1CC(C)(N)C=CN1C(C)C. The predicted molar refractivity (Wildman–Crippen MR) is 68.0 cm³/mol. The molecule has 0 saturated carbocycles. The molecule has 0 bridgehead atoms. The van der Waals surface area contributed by atoms with Crippen LogP contribution in [0, 0.1) is 0 Å². The van der Waals surface area contributed by atoms with E-state index in [0.717, 1.165) is 12.3 Å². The van der Waals surface area contributed by atoms with Crippen molar-refractivity contribution in [2.24, 2.45) is 10.7 Å². The van der Waals surface area contributed by atoms with Gasteiger partial charge in [0.25, 0.3) is 0 Å². The zero-order chi connectivity index (χ0) is 12.1. The zero-order valence-corrected chi connectivity index (χ0v) is 10.9. The Labute approximate surface area is 94.1 Å². The molecule has 1 atom stereocenters. The number of nitrogens with two attached hydrogens (primary N) is 1. The molecule has 1 unspecified atom stereocenters. The molecule has 0 aromatic rings. The lowest BCUT2D eigenvalue weighted by molar-refractivity contribution is 0.410. The average Bonchev–Trinajstić information content (AvgIpc) is 2.18. The lowest BCUT2D eigenvalue weighted by atomic mass is 9.95. The molecule has 0 aromatic carbocycles. The van der Waals surface area contributed by atoms with E-state index in [2.05, 4.69) is 23.7 Å². The molecule has 1 heterocycles. The Bertz CT molecular complexity index is 239. The third-order valence-electron chi connectivity index (χ3n) is 2.27. The minimum atomic E-state index is -0.236. The van der Waals surface area contributed by atoms with Gasteiger partial charge in [-0.3, -0.25) is 4.99 Å². The summed E-state index contributed by atoms with van der Waals surface area (Å²) in [5.41, 5.74) is 5.78. The van der Waals surface area contributed by atoms with Gasteiger partial charge in [-0.15, -0.1) is 0 Å². The second-order valence-corrected chi connectivity index (χ2v) is 4.14. The first-order valence-corrected chi connectivity index (χ1v) is 5.68. The van der Waals surface area contributed by atoms with Gasteiger partial charge >= 0.3 is 0 Å². The van der Waals surface area contributed by atoms with Crippen molar-refractivity contribution in [3.8, 4) is 0 Å². The van der Waals surface area contributed by atoms with E-state index in [1.807, 2.05) is 40.1 Å². The Morgan fingerprint density at radius 2 is 2.00 bits per heavy atom. The summed E-state index contributed by atoms with van der Waals surface area (Å²) in [5.74, 6) is 1.07. The van der Waals surface area contributed by atoms with Gasteiger partial charge in [0.1, 0.15) is 5.84 Å². The molecular formula is C12H25N3. The summed E-state index contributed by atoms with van der Waals surface area (Å²) in [4.78, 5) is 6.42. The van der Waals surface area contributed by atoms with Crippen molar-refractivity contribution < 1.29 is 0 Å². The van der Waals surface area contributed by atoms with E-state index in [1.165, 1.54) is 0 Å². The summed E-state index contributed by atoms with van der Waals surface area (Å²) in [6, 6.07) is 0.450. The quantitative estimate of drug-likeness (QED) is 0.723. The van der Waals surface area contributed by atoms with E-state index in [-0.39, 0.29) is 5.54 Å². The Morgan fingerprint density at radius 3 is 2.40 bits per heavy atom. The number of nitrogens with zero attached hydrogens (tertiary/aromatic N) is 2. The summed E-state index contributed by atoms with van der Waals surface area (Å²) in [6.07, 6.45) is 4.90. The highest BCUT2D eigenvalue weighted by Gasteiger charge is 2.26. The van der Waals surface area contributed by atoms with Gasteiger partial charge in [-0.25, -0.2) is 0 Å². The van der Waals surface area contributed by atoms with Crippen molar-refractivity contribution in [1.29, 1.82) is 0 Å². The monoisotopic (exact) mass is 211 g/mol. The van der Waals surface area contributed by atoms with E-state index in [0.29, 0.717) is 6.04 Å². The first-order chi connectivity index (χ1) is 6.96. The lowest BCUT2D eigenvalue weighted by Crippen LogP contribution is -2.46. The molecule has 0 radical (unpaired) electrons. The molecule has 88 valence electrons. The molecule has 1 rings (SSSR count). The molecule has 0 spiro atoms. The van der Waals surface area contributed by atoms with E-state index >= 15 is 0 Å². The van der Waals surface area contributed by atoms with Crippen LogP contribution in [0.25, 0.3) is 0 Å². The van der Waals surface area contributed by atoms with Crippen LogP contribution in [0.15, 0.2) is 17.3 Å². The molecule has 3 nitrogen and oxygen atoms in total. The average molecular weight is 211 g/mol. The molecule has 3 heteroatoms. The molecule has 2 N–H and O–H groups in total. The van der Waals surface area contributed by atoms with Gasteiger partial charge in [0.05, 0.1) is 0 Å². The number of amidine groups is 1. The van der Waals surface area contributed by atoms with Crippen LogP contribution in [-0.4, -0.2) is 29.4 Å². The van der Waals surface area contributed by atoms with Crippen molar-refractivity contribution in [3.63, 3.8) is 0 Å². The number of aliphatic imine (C=N–C) groups is 1. The Kier molecular flexibility index (Phi) is 5.58. The fraction of sp³-hybridized carbons (Fsp3) is 0.750. The molecule has 0 amide bonds. The molecule has 0 fully saturated rings. The Hall–Kier alpha value is -0.830. The molecule has 1 aliphatic heterocycles. The number of rotatable bonds is 1. The minimum Gasteiger partial charge on any atom is -0.334 e. The standard InChI is InChI=1S/C10H19N3.C2H6/c1-8(2)13-6-5-10(3,11)7-9(13)12-4;1-2/h5-6,8H,7,11H2,1-4H3;1-2H3. The number of hydrogen-bond acceptors (Lipinski definition) is 2. The smallest absolute Gasteiger partial charge is 0.105 e. The van der Waals surface area contributed by atoms with Crippen LogP contribution in [0.2, 0.25) is 0 Å². The van der Waals surface area contributed by atoms with Crippen molar-refractivity contribution in [3.05, 3.63) is 12.3 Å². The van der Waals surface area contributed by atoms with Crippen LogP contribution >= 0.6 is 0 Å². The Balaban J connectivity index is 0.000000921. The molecule has 0 aromatic heterocycles. The van der Waals surface area contributed by atoms with Gasteiger partial charge in [-0.1, -0.05) is 13.8 Å². The Morgan fingerprint density at radius 1 is 1.47 bits per heavy atom.